The van der Waals surface area contributed by atoms with Gasteiger partial charge in [-0.3, -0.25) is 4.57 Å². The summed E-state index contributed by atoms with van der Waals surface area (Å²) in [5, 5.41) is -0.0133. The second-order valence-corrected chi connectivity index (χ2v) is 15.5. The molecular formula is C19H36N5O6PSi. The van der Waals surface area contributed by atoms with E-state index in [0.29, 0.717) is 11.2 Å². The van der Waals surface area contributed by atoms with Crippen LogP contribution in [-0.2, 0) is 22.8 Å². The Hall–Kier alpha value is -1.56. The first kappa shape index (κ1) is 26.7. The van der Waals surface area contributed by atoms with E-state index in [1.54, 1.807) is 13.8 Å². The van der Waals surface area contributed by atoms with Crippen LogP contribution in [0.4, 0.5) is 5.82 Å². The molecule has 0 radical (unpaired) electrons. The number of aromatic nitrogens is 4. The van der Waals surface area contributed by atoms with Crippen molar-refractivity contribution in [3.8, 4) is 0 Å². The summed E-state index contributed by atoms with van der Waals surface area (Å²) in [5.41, 5.74) is 6.76. The number of rotatable bonds is 13. The Morgan fingerprint density at radius 3 is 2.38 bits per heavy atom. The van der Waals surface area contributed by atoms with E-state index in [0.717, 1.165) is 0 Å². The molecule has 0 saturated carbocycles. The highest BCUT2D eigenvalue weighted by Crippen LogP contribution is 2.48. The summed E-state index contributed by atoms with van der Waals surface area (Å²) < 4.78 is 36.9. The summed E-state index contributed by atoms with van der Waals surface area (Å²) in [6, 6.07) is 0. The van der Waals surface area contributed by atoms with E-state index in [1.165, 1.54) is 17.4 Å². The molecule has 11 nitrogen and oxygen atoms in total. The van der Waals surface area contributed by atoms with E-state index in [4.69, 9.17) is 28.8 Å². The van der Waals surface area contributed by atoms with Gasteiger partial charge in [-0.05, 0) is 32.0 Å². The van der Waals surface area contributed by atoms with E-state index in [9.17, 15) is 4.57 Å². The van der Waals surface area contributed by atoms with Gasteiger partial charge in [0.15, 0.2) is 19.7 Å². The van der Waals surface area contributed by atoms with Crippen molar-refractivity contribution >= 4 is 32.9 Å². The molecule has 2 aromatic rings. The summed E-state index contributed by atoms with van der Waals surface area (Å²) in [6.45, 7) is 15.1. The smallest absolute Gasteiger partial charge is 0.356 e. The van der Waals surface area contributed by atoms with Crippen LogP contribution in [0.15, 0.2) is 12.7 Å². The van der Waals surface area contributed by atoms with Gasteiger partial charge in [-0.1, -0.05) is 20.8 Å². The summed E-state index contributed by atoms with van der Waals surface area (Å²) in [4.78, 5) is 18.2. The summed E-state index contributed by atoms with van der Waals surface area (Å²) >= 11 is 0. The van der Waals surface area contributed by atoms with Crippen LogP contribution < -0.4 is 10.6 Å². The highest BCUT2D eigenvalue weighted by molar-refractivity contribution is 7.53. The van der Waals surface area contributed by atoms with Crippen LogP contribution in [0.1, 0.15) is 34.6 Å². The molecule has 0 fully saturated rings. The number of hydrogen-bond donors (Lipinski definition) is 1. The van der Waals surface area contributed by atoms with Gasteiger partial charge in [0.05, 0.1) is 19.8 Å². The molecule has 0 bridgehead atoms. The highest BCUT2D eigenvalue weighted by Gasteiger charge is 2.39. The third-order valence-corrected chi connectivity index (χ3v) is 11.5. The maximum Gasteiger partial charge on any atom is 0.356 e. The molecule has 13 heteroatoms. The Balaban J connectivity index is 2.11. The van der Waals surface area contributed by atoms with Crippen LogP contribution in [0.5, 0.6) is 0 Å². The van der Waals surface area contributed by atoms with Crippen LogP contribution in [-0.4, -0.2) is 66.9 Å². The van der Waals surface area contributed by atoms with Crippen molar-refractivity contribution in [3.63, 3.8) is 0 Å². The van der Waals surface area contributed by atoms with Gasteiger partial charge >= 0.3 is 7.60 Å². The van der Waals surface area contributed by atoms with E-state index < -0.39 is 22.0 Å². The summed E-state index contributed by atoms with van der Waals surface area (Å²) in [7, 11) is -5.46. The number of imidazole rings is 1. The molecule has 0 saturated heterocycles. The third kappa shape index (κ3) is 6.97. The molecule has 0 aliphatic carbocycles. The largest absolute Gasteiger partial charge is 0.408 e. The third-order valence-electron chi connectivity index (χ3n) is 5.20. The number of fused-ring (bicyclic) bond motifs is 1. The van der Waals surface area contributed by atoms with Crippen LogP contribution in [0.3, 0.4) is 0 Å². The molecule has 2 aromatic heterocycles. The fourth-order valence-corrected chi connectivity index (χ4v) is 5.26. The number of anilines is 1. The van der Waals surface area contributed by atoms with Gasteiger partial charge < -0.3 is 28.8 Å². The summed E-state index contributed by atoms with van der Waals surface area (Å²) in [5.74, 6) is 0.275. The molecule has 0 amide bonds. The van der Waals surface area contributed by atoms with E-state index >= 15 is 0 Å². The van der Waals surface area contributed by atoms with Crippen molar-refractivity contribution in [2.24, 2.45) is 0 Å². The molecule has 32 heavy (non-hydrogen) atoms. The number of hydrogen-bond acceptors (Lipinski definition) is 10. The van der Waals surface area contributed by atoms with Crippen LogP contribution in [0.2, 0.25) is 18.1 Å². The Bertz CT molecular complexity index is 909. The molecule has 182 valence electrons. The molecule has 2 heterocycles. The lowest BCUT2D eigenvalue weighted by atomic mass is 10.2. The van der Waals surface area contributed by atoms with E-state index in [2.05, 4.69) is 48.8 Å². The second kappa shape index (κ2) is 11.0. The van der Waals surface area contributed by atoms with Gasteiger partial charge in [-0.25, -0.2) is 15.0 Å². The lowest BCUT2D eigenvalue weighted by Crippen LogP contribution is -2.47. The van der Waals surface area contributed by atoms with Gasteiger partial charge in [0.2, 0.25) is 5.65 Å². The molecule has 2 N–H and O–H groups in total. The van der Waals surface area contributed by atoms with E-state index in [1.807, 2.05) is 0 Å². The average molecular weight is 490 g/mol. The number of ether oxygens (including phenoxy) is 1. The van der Waals surface area contributed by atoms with Crippen molar-refractivity contribution in [2.75, 3.05) is 38.5 Å². The Kier molecular flexibility index (Phi) is 9.21. The minimum absolute atomic E-state index is 0.0133. The Morgan fingerprint density at radius 2 is 1.78 bits per heavy atom. The maximum atomic E-state index is 12.7. The lowest BCUT2D eigenvalue weighted by molar-refractivity contribution is -0.00965. The van der Waals surface area contributed by atoms with Crippen molar-refractivity contribution in [2.45, 2.75) is 58.9 Å². The first-order valence-corrected chi connectivity index (χ1v) is 15.3. The minimum Gasteiger partial charge on any atom is -0.408 e. The molecule has 0 aromatic carbocycles. The standard InChI is InChI=1S/C19H36N5O6PSi/c1-8-28-31(25,29-9-2)14-26-10-15(30-32(6,7)19(3,4)5)11-27-24-13-23-16-17(20)21-12-22-18(16)24/h12-13,15H,8-11,14H2,1-7H3,(H2,20,21,22). The lowest BCUT2D eigenvalue weighted by Gasteiger charge is -2.39. The molecule has 1 unspecified atom stereocenters. The van der Waals surface area contributed by atoms with Gasteiger partial charge in [0, 0.05) is 0 Å². The van der Waals surface area contributed by atoms with Gasteiger partial charge in [0.25, 0.3) is 0 Å². The number of nitrogens with two attached hydrogens (primary N) is 1. The average Bonchev–Trinajstić information content (AvgIpc) is 3.10. The quantitative estimate of drug-likeness (QED) is 0.329. The van der Waals surface area contributed by atoms with Crippen LogP contribution in [0.25, 0.3) is 11.2 Å². The minimum atomic E-state index is -3.32. The topological polar surface area (TPSA) is 133 Å². The zero-order valence-electron chi connectivity index (χ0n) is 20.0. The SMILES string of the molecule is CCOP(=O)(COCC(COn1cnc2c(N)ncnc21)O[Si](C)(C)C(C)(C)C)OCC. The maximum absolute atomic E-state index is 12.7. The predicted octanol–water partition coefficient (Wildman–Crippen LogP) is 3.47. The summed E-state index contributed by atoms with van der Waals surface area (Å²) in [6.07, 6.45) is 2.25. The molecular weight excluding hydrogens is 453 g/mol. The molecule has 0 aliphatic rings. The molecule has 1 atom stereocenters. The van der Waals surface area contributed by atoms with Crippen molar-refractivity contribution in [3.05, 3.63) is 12.7 Å². The second-order valence-electron chi connectivity index (χ2n) is 8.74. The van der Waals surface area contributed by atoms with Gasteiger partial charge in [0.1, 0.15) is 31.7 Å². The van der Waals surface area contributed by atoms with Crippen LogP contribution in [0, 0.1) is 0 Å². The first-order valence-electron chi connectivity index (χ1n) is 10.6. The van der Waals surface area contributed by atoms with Crippen molar-refractivity contribution in [1.29, 1.82) is 0 Å². The molecule has 0 spiro atoms. The zero-order valence-corrected chi connectivity index (χ0v) is 21.9. The van der Waals surface area contributed by atoms with Gasteiger partial charge in [-0.2, -0.15) is 4.73 Å². The highest BCUT2D eigenvalue weighted by atomic mass is 31.2. The first-order chi connectivity index (χ1) is 14.9. The fourth-order valence-electron chi connectivity index (χ4n) is 2.60. The van der Waals surface area contributed by atoms with Crippen LogP contribution >= 0.6 is 7.60 Å². The van der Waals surface area contributed by atoms with Crippen molar-refractivity contribution < 1.29 is 27.6 Å². The molecule has 0 aliphatic heterocycles. The van der Waals surface area contributed by atoms with Crippen molar-refractivity contribution in [1.82, 2.24) is 19.7 Å². The zero-order chi connectivity index (χ0) is 24.0. The number of nitrogens with zero attached hydrogens (tertiary/aromatic N) is 4. The Labute approximate surface area is 190 Å². The molecule has 2 rings (SSSR count). The van der Waals surface area contributed by atoms with E-state index in [-0.39, 0.29) is 43.6 Å². The Morgan fingerprint density at radius 1 is 1.12 bits per heavy atom. The van der Waals surface area contributed by atoms with Gasteiger partial charge in [-0.15, -0.1) is 0 Å². The monoisotopic (exact) mass is 489 g/mol. The predicted molar refractivity (Wildman–Crippen MR) is 125 cm³/mol. The normalized spacial score (nSPS) is 14.1. The number of nitrogen functional groups attached to an aromatic ring is 1. The fraction of sp³-hybridized carbons (Fsp3) is 0.737.